The zero-order chi connectivity index (χ0) is 19.1. The van der Waals surface area contributed by atoms with Crippen LogP contribution in [-0.4, -0.2) is 63.9 Å². The smallest absolute Gasteiger partial charge is 0.138 e. The van der Waals surface area contributed by atoms with Gasteiger partial charge in [0.2, 0.25) is 0 Å². The van der Waals surface area contributed by atoms with Gasteiger partial charge in [0.25, 0.3) is 0 Å². The quantitative estimate of drug-likeness (QED) is 0.677. The molecule has 7 heteroatoms. The Labute approximate surface area is 170 Å². The first kappa shape index (κ1) is 18.1. The van der Waals surface area contributed by atoms with Crippen molar-refractivity contribution in [1.29, 1.82) is 0 Å². The Balaban J connectivity index is 1.41. The summed E-state index contributed by atoms with van der Waals surface area (Å²) in [6.45, 7) is 8.58. The van der Waals surface area contributed by atoms with E-state index >= 15 is 0 Å². The van der Waals surface area contributed by atoms with Crippen LogP contribution in [-0.2, 0) is 6.54 Å². The summed E-state index contributed by atoms with van der Waals surface area (Å²) in [6, 6.07) is 6.83. The largest absolute Gasteiger partial charge is 0.358 e. The molecule has 5 rings (SSSR count). The number of hydrogen-bond donors (Lipinski definition) is 0. The number of likely N-dealkylation sites (N-methyl/N-ethyl adjacent to an activating group) is 1. The second-order valence-corrected chi connectivity index (χ2v) is 9.00. The number of imidazole rings is 1. The highest BCUT2D eigenvalue weighted by Crippen LogP contribution is 2.28. The topological polar surface area (TPSA) is 39.9 Å². The van der Waals surface area contributed by atoms with Crippen molar-refractivity contribution in [2.45, 2.75) is 32.4 Å². The molecule has 28 heavy (non-hydrogen) atoms. The monoisotopic (exact) mass is 396 g/mol. The number of aryl methyl sites for hydroxylation is 1. The molecule has 1 unspecified atom stereocenters. The lowest BCUT2D eigenvalue weighted by Crippen LogP contribution is -2.46. The fourth-order valence-corrected chi connectivity index (χ4v) is 5.27. The van der Waals surface area contributed by atoms with E-state index in [1.165, 1.54) is 34.9 Å². The summed E-state index contributed by atoms with van der Waals surface area (Å²) in [7, 11) is 2.23. The summed E-state index contributed by atoms with van der Waals surface area (Å²) in [6.07, 6.45) is 4.84. The van der Waals surface area contributed by atoms with Crippen molar-refractivity contribution in [3.8, 4) is 0 Å². The Kier molecular flexibility index (Phi) is 4.82. The van der Waals surface area contributed by atoms with Crippen LogP contribution in [0.4, 0.5) is 5.82 Å². The van der Waals surface area contributed by atoms with Crippen LogP contribution in [0.5, 0.6) is 0 Å². The van der Waals surface area contributed by atoms with Gasteiger partial charge in [0.15, 0.2) is 0 Å². The molecular weight excluding hydrogens is 368 g/mol. The molecule has 0 N–H and O–H groups in total. The van der Waals surface area contributed by atoms with Crippen LogP contribution < -0.4 is 4.90 Å². The fraction of sp³-hybridized carbons (Fsp3) is 0.524. The molecule has 0 radical (unpaired) electrons. The third-order valence-corrected chi connectivity index (χ3v) is 7.12. The molecule has 5 heterocycles. The second-order valence-electron chi connectivity index (χ2n) is 8.06. The van der Waals surface area contributed by atoms with Gasteiger partial charge in [-0.3, -0.25) is 14.2 Å². The van der Waals surface area contributed by atoms with Gasteiger partial charge in [0.05, 0.1) is 22.9 Å². The molecular formula is C21H28N6S. The molecule has 148 valence electrons. The van der Waals surface area contributed by atoms with Gasteiger partial charge in [0.1, 0.15) is 11.5 Å². The first-order valence-electron chi connectivity index (χ1n) is 10.2. The van der Waals surface area contributed by atoms with Crippen molar-refractivity contribution in [1.82, 2.24) is 24.2 Å². The number of anilines is 1. The molecule has 0 amide bonds. The lowest BCUT2D eigenvalue weighted by atomic mass is 10.1. The lowest BCUT2D eigenvalue weighted by Gasteiger charge is -2.38. The minimum Gasteiger partial charge on any atom is -0.358 e. The molecule has 2 aliphatic heterocycles. The van der Waals surface area contributed by atoms with Crippen LogP contribution in [0.1, 0.15) is 35.1 Å². The molecule has 0 bridgehead atoms. The van der Waals surface area contributed by atoms with Crippen molar-refractivity contribution in [2.75, 3.05) is 44.7 Å². The zero-order valence-corrected chi connectivity index (χ0v) is 17.5. The van der Waals surface area contributed by atoms with Gasteiger partial charge < -0.3 is 4.90 Å². The van der Waals surface area contributed by atoms with Gasteiger partial charge in [-0.1, -0.05) is 6.07 Å². The third-order valence-electron chi connectivity index (χ3n) is 6.20. The van der Waals surface area contributed by atoms with E-state index in [9.17, 15) is 0 Å². The number of thiazole rings is 1. The van der Waals surface area contributed by atoms with Crippen molar-refractivity contribution in [3.63, 3.8) is 0 Å². The molecule has 0 aromatic carbocycles. The lowest BCUT2D eigenvalue weighted by molar-refractivity contribution is 0.0891. The maximum Gasteiger partial charge on any atom is 0.138 e. The molecule has 0 spiro atoms. The zero-order valence-electron chi connectivity index (χ0n) is 16.7. The summed E-state index contributed by atoms with van der Waals surface area (Å²) >= 11 is 1.77. The van der Waals surface area contributed by atoms with Crippen LogP contribution in [0.25, 0.3) is 5.65 Å². The minimum absolute atomic E-state index is 0.327. The second kappa shape index (κ2) is 7.46. The molecule has 3 aromatic heterocycles. The maximum atomic E-state index is 5.03. The van der Waals surface area contributed by atoms with Crippen LogP contribution in [0.3, 0.4) is 0 Å². The van der Waals surface area contributed by atoms with Gasteiger partial charge in [-0.25, -0.2) is 9.97 Å². The summed E-state index contributed by atoms with van der Waals surface area (Å²) in [5.74, 6) is 1.28. The number of hydrogen-bond acceptors (Lipinski definition) is 6. The first-order valence-corrected chi connectivity index (χ1v) is 11.1. The maximum absolute atomic E-state index is 5.03. The van der Waals surface area contributed by atoms with E-state index in [1.807, 2.05) is 5.51 Å². The Morgan fingerprint density at radius 3 is 2.79 bits per heavy atom. The molecule has 2 aliphatic rings. The molecule has 6 nitrogen and oxygen atoms in total. The van der Waals surface area contributed by atoms with Gasteiger partial charge in [-0.15, -0.1) is 11.3 Å². The molecule has 0 saturated carbocycles. The number of nitrogens with zero attached hydrogens (tertiary/aromatic N) is 6. The van der Waals surface area contributed by atoms with Gasteiger partial charge in [-0.05, 0) is 38.9 Å². The van der Waals surface area contributed by atoms with E-state index in [0.29, 0.717) is 6.04 Å². The first-order chi connectivity index (χ1) is 13.7. The Morgan fingerprint density at radius 2 is 2.00 bits per heavy atom. The number of piperazine rings is 1. The number of aromatic nitrogens is 3. The SMILES string of the molecule is Cc1ncsc1CN1CCN(C)C(c2cn3c(N4CCCC4)cccc3n2)C1. The normalized spacial score (nSPS) is 21.8. The summed E-state index contributed by atoms with van der Waals surface area (Å²) < 4.78 is 2.29. The highest BCUT2D eigenvalue weighted by Gasteiger charge is 2.28. The van der Waals surface area contributed by atoms with Crippen LogP contribution in [0.2, 0.25) is 0 Å². The average Bonchev–Trinajstić information content (AvgIpc) is 3.44. The third kappa shape index (κ3) is 3.32. The standard InChI is InChI=1S/C21H28N6S/c1-16-19(28-15-22-16)14-25-11-10-24(2)18(13-25)17-12-27-20(23-17)6-5-7-21(27)26-8-3-4-9-26/h5-7,12,15,18H,3-4,8-11,13-14H2,1-2H3. The van der Waals surface area contributed by atoms with Crippen LogP contribution in [0, 0.1) is 6.92 Å². The Morgan fingerprint density at radius 1 is 1.14 bits per heavy atom. The van der Waals surface area contributed by atoms with E-state index in [1.54, 1.807) is 11.3 Å². The van der Waals surface area contributed by atoms with Crippen molar-refractivity contribution >= 4 is 22.8 Å². The fourth-order valence-electron chi connectivity index (χ4n) is 4.45. The summed E-state index contributed by atoms with van der Waals surface area (Å²) in [5, 5.41) is 0. The number of pyridine rings is 1. The van der Waals surface area contributed by atoms with E-state index in [-0.39, 0.29) is 0 Å². The van der Waals surface area contributed by atoms with E-state index in [2.05, 4.69) is 62.5 Å². The number of rotatable bonds is 4. The van der Waals surface area contributed by atoms with Crippen molar-refractivity contribution in [2.24, 2.45) is 0 Å². The highest BCUT2D eigenvalue weighted by molar-refractivity contribution is 7.09. The number of fused-ring (bicyclic) bond motifs is 1. The molecule has 2 saturated heterocycles. The van der Waals surface area contributed by atoms with Gasteiger partial charge in [-0.2, -0.15) is 0 Å². The predicted octanol–water partition coefficient (Wildman–Crippen LogP) is 3.19. The highest BCUT2D eigenvalue weighted by atomic mass is 32.1. The molecule has 3 aromatic rings. The van der Waals surface area contributed by atoms with E-state index in [4.69, 9.17) is 4.98 Å². The Bertz CT molecular complexity index is 957. The minimum atomic E-state index is 0.327. The Hall–Kier alpha value is -1.96. The van der Waals surface area contributed by atoms with E-state index in [0.717, 1.165) is 44.9 Å². The molecule has 1 atom stereocenters. The summed E-state index contributed by atoms with van der Waals surface area (Å²) in [4.78, 5) is 18.3. The van der Waals surface area contributed by atoms with Crippen LogP contribution in [0.15, 0.2) is 29.9 Å². The average molecular weight is 397 g/mol. The molecule has 0 aliphatic carbocycles. The van der Waals surface area contributed by atoms with E-state index < -0.39 is 0 Å². The molecule has 2 fully saturated rings. The summed E-state index contributed by atoms with van der Waals surface area (Å²) in [5.41, 5.74) is 5.37. The predicted molar refractivity (Wildman–Crippen MR) is 114 cm³/mol. The van der Waals surface area contributed by atoms with Gasteiger partial charge >= 0.3 is 0 Å². The van der Waals surface area contributed by atoms with Gasteiger partial charge in [0, 0.05) is 50.3 Å². The van der Waals surface area contributed by atoms with Crippen molar-refractivity contribution in [3.05, 3.63) is 46.2 Å². The van der Waals surface area contributed by atoms with Crippen molar-refractivity contribution < 1.29 is 0 Å². The van der Waals surface area contributed by atoms with Crippen LogP contribution >= 0.6 is 11.3 Å².